The van der Waals surface area contributed by atoms with Crippen molar-refractivity contribution < 1.29 is 23.5 Å². The van der Waals surface area contributed by atoms with Crippen molar-refractivity contribution in [3.8, 4) is 11.5 Å². The molecule has 2 aliphatic rings. The Labute approximate surface area is 108 Å². The van der Waals surface area contributed by atoms with Crippen LogP contribution in [0, 0.1) is 0 Å². The van der Waals surface area contributed by atoms with E-state index >= 15 is 0 Å². The third kappa shape index (κ3) is 1.69. The summed E-state index contributed by atoms with van der Waals surface area (Å²) in [5.74, 6) is 2.25. The van der Waals surface area contributed by atoms with E-state index in [0.29, 0.717) is 23.2 Å². The second-order valence-electron chi connectivity index (χ2n) is 4.04. The van der Waals surface area contributed by atoms with Crippen molar-refractivity contribution in [1.29, 1.82) is 0 Å². The summed E-state index contributed by atoms with van der Waals surface area (Å²) in [4.78, 5) is 5.24. The quantitative estimate of drug-likeness (QED) is 0.828. The zero-order chi connectivity index (χ0) is 12.7. The van der Waals surface area contributed by atoms with E-state index in [-0.39, 0.29) is 6.79 Å². The highest BCUT2D eigenvalue weighted by molar-refractivity contribution is 5.91. The van der Waals surface area contributed by atoms with Crippen LogP contribution in [0.15, 0.2) is 46.2 Å². The SMILES string of the molecule is c1coc(C2=NOC(c3ccc4c(c3)OCO4)O2)c1. The molecule has 2 aromatic rings. The first-order valence-electron chi connectivity index (χ1n) is 5.74. The Morgan fingerprint density at radius 1 is 1.11 bits per heavy atom. The maximum absolute atomic E-state index is 5.59. The van der Waals surface area contributed by atoms with Gasteiger partial charge in [-0.1, -0.05) is 0 Å². The zero-order valence-electron chi connectivity index (χ0n) is 9.74. The van der Waals surface area contributed by atoms with Gasteiger partial charge in [0.15, 0.2) is 17.3 Å². The third-order valence-electron chi connectivity index (χ3n) is 2.85. The van der Waals surface area contributed by atoms with Crippen molar-refractivity contribution in [2.75, 3.05) is 6.79 Å². The van der Waals surface area contributed by atoms with E-state index in [0.717, 1.165) is 5.56 Å². The molecule has 0 fully saturated rings. The van der Waals surface area contributed by atoms with Gasteiger partial charge in [-0.3, -0.25) is 0 Å². The van der Waals surface area contributed by atoms with Crippen LogP contribution in [0.1, 0.15) is 17.6 Å². The highest BCUT2D eigenvalue weighted by atomic mass is 16.8. The fourth-order valence-electron chi connectivity index (χ4n) is 1.93. The van der Waals surface area contributed by atoms with E-state index in [1.165, 1.54) is 0 Å². The van der Waals surface area contributed by atoms with E-state index in [1.807, 2.05) is 18.2 Å². The Kier molecular flexibility index (Phi) is 2.14. The van der Waals surface area contributed by atoms with E-state index in [2.05, 4.69) is 5.16 Å². The summed E-state index contributed by atoms with van der Waals surface area (Å²) >= 11 is 0. The average Bonchev–Trinajstić information content (AvgIpc) is 3.18. The smallest absolute Gasteiger partial charge is 0.297 e. The number of oxime groups is 1. The summed E-state index contributed by atoms with van der Waals surface area (Å²) in [5, 5.41) is 3.86. The van der Waals surface area contributed by atoms with Crippen molar-refractivity contribution in [1.82, 2.24) is 0 Å². The normalized spacial score (nSPS) is 19.8. The van der Waals surface area contributed by atoms with Crippen molar-refractivity contribution >= 4 is 5.90 Å². The van der Waals surface area contributed by atoms with E-state index in [9.17, 15) is 0 Å². The number of nitrogens with zero attached hydrogens (tertiary/aromatic N) is 1. The molecular formula is C13H9NO5. The molecule has 4 rings (SSSR count). The molecule has 0 aliphatic carbocycles. The lowest BCUT2D eigenvalue weighted by Gasteiger charge is -2.09. The number of ether oxygens (including phenoxy) is 3. The van der Waals surface area contributed by atoms with Crippen molar-refractivity contribution in [2.45, 2.75) is 6.29 Å². The van der Waals surface area contributed by atoms with Gasteiger partial charge < -0.3 is 23.5 Å². The number of hydrogen-bond acceptors (Lipinski definition) is 6. The minimum absolute atomic E-state index is 0.235. The largest absolute Gasteiger partial charge is 0.459 e. The molecule has 19 heavy (non-hydrogen) atoms. The number of benzene rings is 1. The van der Waals surface area contributed by atoms with Gasteiger partial charge in [-0.2, -0.15) is 0 Å². The molecule has 96 valence electrons. The van der Waals surface area contributed by atoms with Gasteiger partial charge in [-0.05, 0) is 35.5 Å². The molecule has 0 saturated carbocycles. The van der Waals surface area contributed by atoms with Crippen LogP contribution >= 0.6 is 0 Å². The molecule has 2 aliphatic heterocycles. The number of hydrogen-bond donors (Lipinski definition) is 0. The number of furan rings is 1. The summed E-state index contributed by atoms with van der Waals surface area (Å²) in [6.07, 6.45) is 0.948. The van der Waals surface area contributed by atoms with Crippen LogP contribution in [0.2, 0.25) is 0 Å². The molecule has 0 N–H and O–H groups in total. The lowest BCUT2D eigenvalue weighted by Crippen LogP contribution is -2.04. The Hall–Kier alpha value is -2.63. The van der Waals surface area contributed by atoms with Gasteiger partial charge in [0.1, 0.15) is 0 Å². The van der Waals surface area contributed by atoms with E-state index < -0.39 is 6.29 Å². The summed E-state index contributed by atoms with van der Waals surface area (Å²) in [7, 11) is 0. The number of fused-ring (bicyclic) bond motifs is 1. The molecule has 1 aromatic heterocycles. The Morgan fingerprint density at radius 3 is 2.95 bits per heavy atom. The van der Waals surface area contributed by atoms with Gasteiger partial charge in [0.05, 0.1) is 6.26 Å². The Morgan fingerprint density at radius 2 is 2.05 bits per heavy atom. The molecule has 6 nitrogen and oxygen atoms in total. The van der Waals surface area contributed by atoms with E-state index in [4.69, 9.17) is 23.5 Å². The Bertz CT molecular complexity index is 634. The summed E-state index contributed by atoms with van der Waals surface area (Å²) in [5.41, 5.74) is 0.801. The van der Waals surface area contributed by atoms with Crippen LogP contribution in [0.3, 0.4) is 0 Å². The minimum Gasteiger partial charge on any atom is -0.459 e. The predicted octanol–water partition coefficient (Wildman–Crippen LogP) is 2.42. The van der Waals surface area contributed by atoms with Gasteiger partial charge in [-0.15, -0.1) is 0 Å². The minimum atomic E-state index is -0.602. The molecule has 0 radical (unpaired) electrons. The lowest BCUT2D eigenvalue weighted by molar-refractivity contribution is -0.0502. The summed E-state index contributed by atoms with van der Waals surface area (Å²) in [6.45, 7) is 0.235. The lowest BCUT2D eigenvalue weighted by atomic mass is 10.2. The van der Waals surface area contributed by atoms with Gasteiger partial charge in [-0.25, -0.2) is 0 Å². The highest BCUT2D eigenvalue weighted by Gasteiger charge is 2.28. The topological polar surface area (TPSA) is 62.4 Å². The van der Waals surface area contributed by atoms with Gasteiger partial charge in [0, 0.05) is 5.56 Å². The molecule has 6 heteroatoms. The van der Waals surface area contributed by atoms with Crippen molar-refractivity contribution in [2.24, 2.45) is 5.16 Å². The van der Waals surface area contributed by atoms with Crippen LogP contribution in [0.4, 0.5) is 0 Å². The second-order valence-corrected chi connectivity index (χ2v) is 4.04. The van der Waals surface area contributed by atoms with Crippen LogP contribution in [0.25, 0.3) is 0 Å². The first-order chi connectivity index (χ1) is 9.40. The zero-order valence-corrected chi connectivity index (χ0v) is 9.74. The molecular weight excluding hydrogens is 250 g/mol. The van der Waals surface area contributed by atoms with E-state index in [1.54, 1.807) is 18.4 Å². The summed E-state index contributed by atoms with van der Waals surface area (Å²) in [6, 6.07) is 8.99. The molecule has 1 aromatic carbocycles. The monoisotopic (exact) mass is 259 g/mol. The average molecular weight is 259 g/mol. The number of rotatable bonds is 2. The first kappa shape index (κ1) is 10.3. The molecule has 0 amide bonds. The highest BCUT2D eigenvalue weighted by Crippen LogP contribution is 2.36. The molecule has 1 unspecified atom stereocenters. The van der Waals surface area contributed by atoms with Gasteiger partial charge in [0.25, 0.3) is 12.2 Å². The maximum atomic E-state index is 5.59. The fourth-order valence-corrected chi connectivity index (χ4v) is 1.93. The van der Waals surface area contributed by atoms with Crippen molar-refractivity contribution in [3.63, 3.8) is 0 Å². The Balaban J connectivity index is 1.56. The molecule has 1 atom stereocenters. The molecule has 0 spiro atoms. The first-order valence-corrected chi connectivity index (χ1v) is 5.74. The van der Waals surface area contributed by atoms with Crippen molar-refractivity contribution in [3.05, 3.63) is 47.9 Å². The van der Waals surface area contributed by atoms with Gasteiger partial charge in [0.2, 0.25) is 6.79 Å². The maximum Gasteiger partial charge on any atom is 0.297 e. The van der Waals surface area contributed by atoms with Gasteiger partial charge >= 0.3 is 0 Å². The summed E-state index contributed by atoms with van der Waals surface area (Å²) < 4.78 is 21.3. The van der Waals surface area contributed by atoms with Crippen LogP contribution in [-0.2, 0) is 9.57 Å². The predicted molar refractivity (Wildman–Crippen MR) is 62.7 cm³/mol. The second kappa shape index (κ2) is 3.94. The van der Waals surface area contributed by atoms with Crippen LogP contribution in [-0.4, -0.2) is 12.7 Å². The molecule has 0 saturated heterocycles. The molecule has 3 heterocycles. The van der Waals surface area contributed by atoms with Crippen LogP contribution < -0.4 is 9.47 Å². The molecule has 0 bridgehead atoms. The van der Waals surface area contributed by atoms with Crippen LogP contribution in [0.5, 0.6) is 11.5 Å². The third-order valence-corrected chi connectivity index (χ3v) is 2.85. The standard InChI is InChI=1S/C13H9NO5/c1-2-10(15-5-1)12-14-19-13(18-12)8-3-4-9-11(6-8)17-7-16-9/h1-6,13H,7H2. The fraction of sp³-hybridized carbons (Fsp3) is 0.154.